The van der Waals surface area contributed by atoms with Crippen LogP contribution >= 0.6 is 11.6 Å². The van der Waals surface area contributed by atoms with Crippen LogP contribution in [0.15, 0.2) is 36.0 Å². The van der Waals surface area contributed by atoms with Crippen molar-refractivity contribution < 1.29 is 19.1 Å². The molecule has 0 bridgehead atoms. The van der Waals surface area contributed by atoms with Gasteiger partial charge in [0.15, 0.2) is 0 Å². The standard InChI is InChI=1S/C12H9ClN2O4/c13-8-3-1-7(2-4-8)11(17)15-12(18)14-9-5-10(16)19-6-9/h1-5H,6H2,(H2,14,15,17,18). The van der Waals surface area contributed by atoms with Gasteiger partial charge in [-0.15, -0.1) is 0 Å². The number of carbonyl (C=O) groups excluding carboxylic acids is 3. The van der Waals surface area contributed by atoms with Crippen molar-refractivity contribution in [3.63, 3.8) is 0 Å². The third-order valence-corrected chi connectivity index (χ3v) is 2.52. The van der Waals surface area contributed by atoms with Crippen molar-refractivity contribution in [2.75, 3.05) is 6.61 Å². The molecule has 0 saturated carbocycles. The van der Waals surface area contributed by atoms with Crippen LogP contribution in [0.4, 0.5) is 4.79 Å². The summed E-state index contributed by atoms with van der Waals surface area (Å²) >= 11 is 5.68. The lowest BCUT2D eigenvalue weighted by Gasteiger charge is -2.06. The van der Waals surface area contributed by atoms with E-state index in [-0.39, 0.29) is 6.61 Å². The molecule has 3 amide bonds. The molecular weight excluding hydrogens is 272 g/mol. The lowest BCUT2D eigenvalue weighted by atomic mass is 10.2. The fourth-order valence-electron chi connectivity index (χ4n) is 1.40. The van der Waals surface area contributed by atoms with Gasteiger partial charge in [0, 0.05) is 16.7 Å². The van der Waals surface area contributed by atoms with E-state index in [9.17, 15) is 14.4 Å². The Morgan fingerprint density at radius 2 is 1.89 bits per heavy atom. The zero-order valence-electron chi connectivity index (χ0n) is 9.60. The van der Waals surface area contributed by atoms with E-state index in [4.69, 9.17) is 11.6 Å². The van der Waals surface area contributed by atoms with E-state index in [0.717, 1.165) is 6.08 Å². The van der Waals surface area contributed by atoms with Gasteiger partial charge in [-0.1, -0.05) is 11.6 Å². The third kappa shape index (κ3) is 3.56. The first-order valence-corrected chi connectivity index (χ1v) is 5.67. The van der Waals surface area contributed by atoms with Gasteiger partial charge in [0.25, 0.3) is 5.91 Å². The maximum atomic E-state index is 11.7. The summed E-state index contributed by atoms with van der Waals surface area (Å²) in [6.45, 7) is -0.0125. The first-order valence-electron chi connectivity index (χ1n) is 5.30. The zero-order chi connectivity index (χ0) is 13.8. The van der Waals surface area contributed by atoms with Gasteiger partial charge in [-0.2, -0.15) is 0 Å². The van der Waals surface area contributed by atoms with Crippen molar-refractivity contribution in [2.24, 2.45) is 0 Å². The molecule has 98 valence electrons. The van der Waals surface area contributed by atoms with Crippen LogP contribution in [-0.4, -0.2) is 24.5 Å². The molecule has 19 heavy (non-hydrogen) atoms. The molecule has 1 aromatic carbocycles. The average Bonchev–Trinajstić information content (AvgIpc) is 2.75. The number of benzene rings is 1. The van der Waals surface area contributed by atoms with Crippen molar-refractivity contribution in [3.8, 4) is 0 Å². The van der Waals surface area contributed by atoms with E-state index in [0.29, 0.717) is 16.3 Å². The molecule has 1 aliphatic rings. The van der Waals surface area contributed by atoms with E-state index >= 15 is 0 Å². The third-order valence-electron chi connectivity index (χ3n) is 2.27. The van der Waals surface area contributed by atoms with E-state index in [1.54, 1.807) is 12.1 Å². The second-order valence-electron chi connectivity index (χ2n) is 3.69. The van der Waals surface area contributed by atoms with E-state index in [1.165, 1.54) is 12.1 Å². The summed E-state index contributed by atoms with van der Waals surface area (Å²) < 4.78 is 4.60. The summed E-state index contributed by atoms with van der Waals surface area (Å²) in [5, 5.41) is 4.95. The summed E-state index contributed by atoms with van der Waals surface area (Å²) in [6.07, 6.45) is 1.15. The monoisotopic (exact) mass is 280 g/mol. The lowest BCUT2D eigenvalue weighted by molar-refractivity contribution is -0.134. The quantitative estimate of drug-likeness (QED) is 0.798. The van der Waals surface area contributed by atoms with Crippen molar-refractivity contribution in [2.45, 2.75) is 0 Å². The molecule has 2 N–H and O–H groups in total. The van der Waals surface area contributed by atoms with Crippen LogP contribution in [0.25, 0.3) is 0 Å². The molecule has 1 aromatic rings. The second-order valence-corrected chi connectivity index (χ2v) is 4.13. The second kappa shape index (κ2) is 5.53. The Balaban J connectivity index is 1.92. The van der Waals surface area contributed by atoms with Crippen LogP contribution in [-0.2, 0) is 9.53 Å². The van der Waals surface area contributed by atoms with Crippen LogP contribution in [0.2, 0.25) is 5.02 Å². The molecule has 7 heteroatoms. The van der Waals surface area contributed by atoms with Crippen LogP contribution in [0, 0.1) is 0 Å². The molecule has 6 nitrogen and oxygen atoms in total. The Labute approximate surface area is 113 Å². The highest BCUT2D eigenvalue weighted by atomic mass is 35.5. The number of hydrogen-bond acceptors (Lipinski definition) is 4. The first kappa shape index (κ1) is 13.1. The molecule has 0 spiro atoms. The summed E-state index contributed by atoms with van der Waals surface area (Å²) in [5.74, 6) is -1.10. The van der Waals surface area contributed by atoms with Crippen LogP contribution in [0.1, 0.15) is 10.4 Å². The molecule has 0 saturated heterocycles. The van der Waals surface area contributed by atoms with Gasteiger partial charge < -0.3 is 10.1 Å². The lowest BCUT2D eigenvalue weighted by Crippen LogP contribution is -2.39. The maximum absolute atomic E-state index is 11.7. The minimum atomic E-state index is -0.732. The number of rotatable bonds is 2. The van der Waals surface area contributed by atoms with Crippen LogP contribution < -0.4 is 10.6 Å². The normalized spacial score (nSPS) is 13.5. The molecule has 0 radical (unpaired) electrons. The van der Waals surface area contributed by atoms with Gasteiger partial charge in [-0.3, -0.25) is 10.1 Å². The number of urea groups is 1. The first-order chi connectivity index (χ1) is 9.04. The summed E-state index contributed by atoms with van der Waals surface area (Å²) in [4.78, 5) is 33.9. The minimum Gasteiger partial charge on any atom is -0.456 e. The predicted octanol–water partition coefficient (Wildman–Crippen LogP) is 1.22. The number of esters is 1. The number of cyclic esters (lactones) is 1. The topological polar surface area (TPSA) is 84.5 Å². The van der Waals surface area contributed by atoms with E-state index in [2.05, 4.69) is 15.4 Å². The summed E-state index contributed by atoms with van der Waals surface area (Å²) in [6, 6.07) is 5.34. The van der Waals surface area contributed by atoms with Crippen LogP contribution in [0.5, 0.6) is 0 Å². The smallest absolute Gasteiger partial charge is 0.333 e. The molecule has 0 unspecified atom stereocenters. The number of nitrogens with one attached hydrogen (secondary N) is 2. The van der Waals surface area contributed by atoms with Gasteiger partial charge in [0.05, 0.1) is 5.70 Å². The van der Waals surface area contributed by atoms with Crippen molar-refractivity contribution >= 4 is 29.5 Å². The van der Waals surface area contributed by atoms with Gasteiger partial charge in [0.2, 0.25) is 0 Å². The fourth-order valence-corrected chi connectivity index (χ4v) is 1.53. The number of imide groups is 1. The van der Waals surface area contributed by atoms with Gasteiger partial charge in [0.1, 0.15) is 6.61 Å². The van der Waals surface area contributed by atoms with E-state index < -0.39 is 17.9 Å². The van der Waals surface area contributed by atoms with Crippen LogP contribution in [0.3, 0.4) is 0 Å². The zero-order valence-corrected chi connectivity index (χ0v) is 10.4. The summed E-state index contributed by atoms with van der Waals surface area (Å²) in [7, 11) is 0. The molecule has 0 atom stereocenters. The molecule has 0 aromatic heterocycles. The number of ether oxygens (including phenoxy) is 1. The van der Waals surface area contributed by atoms with Crippen molar-refractivity contribution in [1.82, 2.24) is 10.6 Å². The van der Waals surface area contributed by atoms with Crippen molar-refractivity contribution in [1.29, 1.82) is 0 Å². The molecule has 0 aliphatic carbocycles. The molecule has 1 heterocycles. The van der Waals surface area contributed by atoms with Gasteiger partial charge in [-0.05, 0) is 24.3 Å². The van der Waals surface area contributed by atoms with Gasteiger partial charge >= 0.3 is 12.0 Å². The highest BCUT2D eigenvalue weighted by Crippen LogP contribution is 2.09. The predicted molar refractivity (Wildman–Crippen MR) is 66.5 cm³/mol. The highest BCUT2D eigenvalue weighted by Gasteiger charge is 2.16. The number of carbonyl (C=O) groups is 3. The fraction of sp³-hybridized carbons (Fsp3) is 0.0833. The molecule has 1 aliphatic heterocycles. The summed E-state index contributed by atoms with van der Waals surface area (Å²) in [5.41, 5.74) is 0.596. The Kier molecular flexibility index (Phi) is 3.82. The Bertz CT molecular complexity index is 566. The molecule has 2 rings (SSSR count). The Morgan fingerprint density at radius 1 is 1.21 bits per heavy atom. The largest absolute Gasteiger partial charge is 0.456 e. The van der Waals surface area contributed by atoms with Gasteiger partial charge in [-0.25, -0.2) is 9.59 Å². The minimum absolute atomic E-state index is 0.0125. The number of halogens is 1. The number of hydrogen-bond donors (Lipinski definition) is 2. The average molecular weight is 281 g/mol. The Morgan fingerprint density at radius 3 is 2.47 bits per heavy atom. The molecule has 0 fully saturated rings. The molecular formula is C12H9ClN2O4. The van der Waals surface area contributed by atoms with Crippen molar-refractivity contribution in [3.05, 3.63) is 46.6 Å². The Hall–Kier alpha value is -2.34. The maximum Gasteiger partial charge on any atom is 0.333 e. The number of amides is 3. The SMILES string of the molecule is O=C(NC(=O)c1ccc(Cl)cc1)NC1=CC(=O)OC1. The highest BCUT2D eigenvalue weighted by molar-refractivity contribution is 6.30. The van der Waals surface area contributed by atoms with E-state index in [1.807, 2.05) is 0 Å².